The van der Waals surface area contributed by atoms with E-state index in [1.807, 2.05) is 17.7 Å². The van der Waals surface area contributed by atoms with Crippen LogP contribution in [-0.4, -0.2) is 9.55 Å². The summed E-state index contributed by atoms with van der Waals surface area (Å²) < 4.78 is 15.4. The molecule has 0 radical (unpaired) electrons. The van der Waals surface area contributed by atoms with Gasteiger partial charge in [0.25, 0.3) is 0 Å². The van der Waals surface area contributed by atoms with Crippen molar-refractivity contribution in [1.82, 2.24) is 9.55 Å². The van der Waals surface area contributed by atoms with E-state index in [1.54, 1.807) is 24.4 Å². The second kappa shape index (κ2) is 4.45. The zero-order valence-corrected chi connectivity index (χ0v) is 9.10. The molecule has 2 N–H and O–H groups in total. The van der Waals surface area contributed by atoms with E-state index in [4.69, 9.17) is 5.73 Å². The van der Waals surface area contributed by atoms with Crippen LogP contribution in [0, 0.1) is 12.7 Å². The third kappa shape index (κ3) is 2.12. The second-order valence-electron chi connectivity index (χ2n) is 3.75. The molecule has 16 heavy (non-hydrogen) atoms. The average Bonchev–Trinajstić information content (AvgIpc) is 2.65. The Morgan fingerprint density at radius 1 is 1.44 bits per heavy atom. The molecule has 1 atom stereocenters. The van der Waals surface area contributed by atoms with Gasteiger partial charge in [0.05, 0.1) is 6.04 Å². The first-order valence-corrected chi connectivity index (χ1v) is 5.16. The minimum atomic E-state index is -0.353. The molecule has 3 nitrogen and oxygen atoms in total. The van der Waals surface area contributed by atoms with Crippen molar-refractivity contribution < 1.29 is 4.39 Å². The van der Waals surface area contributed by atoms with Gasteiger partial charge in [0.15, 0.2) is 0 Å². The topological polar surface area (TPSA) is 43.8 Å². The molecule has 0 aliphatic heterocycles. The smallest absolute Gasteiger partial charge is 0.128 e. The van der Waals surface area contributed by atoms with E-state index in [0.717, 1.165) is 5.82 Å². The van der Waals surface area contributed by atoms with Crippen molar-refractivity contribution in [2.75, 3.05) is 0 Å². The zero-order chi connectivity index (χ0) is 11.5. The molecule has 4 heteroatoms. The molecule has 0 aliphatic rings. The van der Waals surface area contributed by atoms with E-state index in [0.29, 0.717) is 12.1 Å². The van der Waals surface area contributed by atoms with Crippen LogP contribution in [0.5, 0.6) is 0 Å². The number of aryl methyl sites for hydroxylation is 1. The number of nitrogens with zero attached hydrogens (tertiary/aromatic N) is 2. The Kier molecular flexibility index (Phi) is 3.01. The standard InChI is InChI=1S/C12H14FN3/c1-9-15-6-7-16(9)8-12(14)10-4-2-3-5-11(10)13/h2-7,12H,8,14H2,1H3. The molecule has 0 bridgehead atoms. The fraction of sp³-hybridized carbons (Fsp3) is 0.250. The minimum Gasteiger partial charge on any atom is -0.333 e. The molecule has 1 aromatic heterocycles. The molecule has 2 rings (SSSR count). The number of hydrogen-bond donors (Lipinski definition) is 1. The first kappa shape index (κ1) is 10.8. The molecule has 0 saturated heterocycles. The first-order valence-electron chi connectivity index (χ1n) is 5.16. The predicted octanol–water partition coefficient (Wildman–Crippen LogP) is 2.03. The van der Waals surface area contributed by atoms with E-state index in [-0.39, 0.29) is 11.9 Å². The largest absolute Gasteiger partial charge is 0.333 e. The molecule has 0 saturated carbocycles. The molecular formula is C12H14FN3. The second-order valence-corrected chi connectivity index (χ2v) is 3.75. The fourth-order valence-corrected chi connectivity index (χ4v) is 1.68. The highest BCUT2D eigenvalue weighted by Gasteiger charge is 2.11. The van der Waals surface area contributed by atoms with Crippen LogP contribution in [0.3, 0.4) is 0 Å². The molecule has 0 amide bonds. The summed E-state index contributed by atoms with van der Waals surface area (Å²) in [5.74, 6) is 0.625. The van der Waals surface area contributed by atoms with Gasteiger partial charge in [-0.3, -0.25) is 0 Å². The number of benzene rings is 1. The molecule has 1 aromatic carbocycles. The van der Waals surface area contributed by atoms with Crippen LogP contribution in [-0.2, 0) is 6.54 Å². The lowest BCUT2D eigenvalue weighted by Crippen LogP contribution is -2.19. The third-order valence-corrected chi connectivity index (χ3v) is 2.62. The van der Waals surface area contributed by atoms with Gasteiger partial charge in [0.1, 0.15) is 11.6 Å². The van der Waals surface area contributed by atoms with Crippen molar-refractivity contribution in [3.63, 3.8) is 0 Å². The van der Waals surface area contributed by atoms with E-state index in [9.17, 15) is 4.39 Å². The van der Waals surface area contributed by atoms with Crippen LogP contribution in [0.4, 0.5) is 4.39 Å². The predicted molar refractivity (Wildman–Crippen MR) is 60.3 cm³/mol. The lowest BCUT2D eigenvalue weighted by molar-refractivity contribution is 0.525. The monoisotopic (exact) mass is 219 g/mol. The van der Waals surface area contributed by atoms with Crippen LogP contribution in [0.25, 0.3) is 0 Å². The minimum absolute atomic E-state index is 0.257. The van der Waals surface area contributed by atoms with Gasteiger partial charge in [0, 0.05) is 24.5 Å². The molecule has 1 unspecified atom stereocenters. The van der Waals surface area contributed by atoms with Crippen molar-refractivity contribution >= 4 is 0 Å². The van der Waals surface area contributed by atoms with Gasteiger partial charge in [-0.2, -0.15) is 0 Å². The highest BCUT2D eigenvalue weighted by molar-refractivity contribution is 5.20. The SMILES string of the molecule is Cc1nccn1CC(N)c1ccccc1F. The van der Waals surface area contributed by atoms with Crippen LogP contribution in [0.1, 0.15) is 17.4 Å². The van der Waals surface area contributed by atoms with Crippen LogP contribution < -0.4 is 5.73 Å². The Morgan fingerprint density at radius 2 is 2.19 bits per heavy atom. The number of imidazole rings is 1. The summed E-state index contributed by atoms with van der Waals surface area (Å²) in [6.45, 7) is 2.43. The van der Waals surface area contributed by atoms with Crippen molar-refractivity contribution in [3.8, 4) is 0 Å². The maximum Gasteiger partial charge on any atom is 0.128 e. The van der Waals surface area contributed by atoms with Gasteiger partial charge >= 0.3 is 0 Å². The summed E-state index contributed by atoms with van der Waals surface area (Å²) in [6, 6.07) is 6.24. The van der Waals surface area contributed by atoms with Gasteiger partial charge in [-0.1, -0.05) is 18.2 Å². The maximum atomic E-state index is 13.5. The molecular weight excluding hydrogens is 205 g/mol. The van der Waals surface area contributed by atoms with Crippen molar-refractivity contribution in [2.24, 2.45) is 5.73 Å². The number of halogens is 1. The Morgan fingerprint density at radius 3 is 2.81 bits per heavy atom. The zero-order valence-electron chi connectivity index (χ0n) is 9.10. The van der Waals surface area contributed by atoms with Crippen molar-refractivity contribution in [3.05, 3.63) is 53.9 Å². The summed E-state index contributed by atoms with van der Waals surface area (Å²) >= 11 is 0. The van der Waals surface area contributed by atoms with Gasteiger partial charge in [-0.25, -0.2) is 9.37 Å². The first-order chi connectivity index (χ1) is 7.68. The molecule has 2 aromatic rings. The van der Waals surface area contributed by atoms with Gasteiger partial charge in [0.2, 0.25) is 0 Å². The fourth-order valence-electron chi connectivity index (χ4n) is 1.68. The van der Waals surface area contributed by atoms with Crippen molar-refractivity contribution in [2.45, 2.75) is 19.5 Å². The van der Waals surface area contributed by atoms with Crippen LogP contribution >= 0.6 is 0 Å². The van der Waals surface area contributed by atoms with Gasteiger partial charge in [-0.05, 0) is 13.0 Å². The van der Waals surface area contributed by atoms with E-state index in [1.165, 1.54) is 6.07 Å². The Bertz CT molecular complexity index is 479. The molecule has 84 valence electrons. The Hall–Kier alpha value is -1.68. The Labute approximate surface area is 93.7 Å². The summed E-state index contributed by atoms with van der Waals surface area (Å²) in [5.41, 5.74) is 6.50. The molecule has 0 aliphatic carbocycles. The van der Waals surface area contributed by atoms with E-state index >= 15 is 0 Å². The summed E-state index contributed by atoms with van der Waals surface area (Å²) in [7, 11) is 0. The lowest BCUT2D eigenvalue weighted by Gasteiger charge is -2.14. The van der Waals surface area contributed by atoms with Gasteiger partial charge in [-0.15, -0.1) is 0 Å². The molecule has 0 fully saturated rings. The summed E-state index contributed by atoms with van der Waals surface area (Å²) in [4.78, 5) is 4.10. The lowest BCUT2D eigenvalue weighted by atomic mass is 10.1. The van der Waals surface area contributed by atoms with Crippen molar-refractivity contribution in [1.29, 1.82) is 0 Å². The number of hydrogen-bond acceptors (Lipinski definition) is 2. The Balaban J connectivity index is 2.18. The quantitative estimate of drug-likeness (QED) is 0.858. The third-order valence-electron chi connectivity index (χ3n) is 2.62. The average molecular weight is 219 g/mol. The maximum absolute atomic E-state index is 13.5. The number of rotatable bonds is 3. The highest BCUT2D eigenvalue weighted by atomic mass is 19.1. The molecule has 1 heterocycles. The van der Waals surface area contributed by atoms with E-state index in [2.05, 4.69) is 4.98 Å². The highest BCUT2D eigenvalue weighted by Crippen LogP contribution is 2.16. The number of nitrogens with two attached hydrogens (primary N) is 1. The van der Waals surface area contributed by atoms with Gasteiger partial charge < -0.3 is 10.3 Å². The summed E-state index contributed by atoms with van der Waals surface area (Å²) in [6.07, 6.45) is 3.56. The van der Waals surface area contributed by atoms with Crippen LogP contribution in [0.15, 0.2) is 36.7 Å². The van der Waals surface area contributed by atoms with Crippen LogP contribution in [0.2, 0.25) is 0 Å². The summed E-state index contributed by atoms with van der Waals surface area (Å²) in [5, 5.41) is 0. The normalized spacial score (nSPS) is 12.7. The van der Waals surface area contributed by atoms with E-state index < -0.39 is 0 Å². The molecule has 0 spiro atoms. The number of aromatic nitrogens is 2.